The van der Waals surface area contributed by atoms with Crippen molar-refractivity contribution in [1.29, 1.82) is 0 Å². The number of pyridine rings is 1. The van der Waals surface area contributed by atoms with E-state index in [0.29, 0.717) is 16.8 Å². The van der Waals surface area contributed by atoms with Gasteiger partial charge >= 0.3 is 0 Å². The van der Waals surface area contributed by atoms with Crippen molar-refractivity contribution in [2.75, 3.05) is 0 Å². The molecule has 0 spiro atoms. The number of hydrogen-bond donors (Lipinski definition) is 0. The van der Waals surface area contributed by atoms with Crippen LogP contribution in [-0.4, -0.2) is 12.8 Å². The molecule has 92 valence electrons. The third-order valence-corrected chi connectivity index (χ3v) is 2.43. The fourth-order valence-electron chi connectivity index (χ4n) is 1.47. The summed E-state index contributed by atoms with van der Waals surface area (Å²) < 4.78 is 31.5. The van der Waals surface area contributed by atoms with Crippen molar-refractivity contribution in [1.82, 2.24) is 4.98 Å². The van der Waals surface area contributed by atoms with Gasteiger partial charge < -0.3 is 4.74 Å². The Morgan fingerprint density at radius 2 is 2.05 bits per heavy atom. The van der Waals surface area contributed by atoms with Gasteiger partial charge in [-0.1, -0.05) is 11.4 Å². The van der Waals surface area contributed by atoms with Crippen molar-refractivity contribution in [2.24, 2.45) is 0 Å². The Morgan fingerprint density at radius 3 is 2.74 bits per heavy atom. The average molecular weight is 255 g/mol. The van der Waals surface area contributed by atoms with Gasteiger partial charge in [-0.25, -0.2) is 9.37 Å². The smallest absolute Gasteiger partial charge is 0.213 e. The summed E-state index contributed by atoms with van der Waals surface area (Å²) in [5.74, 6) is 1.36. The molecule has 1 aromatic carbocycles. The minimum Gasteiger partial charge on any atom is -0.488 e. The van der Waals surface area contributed by atoms with Crippen molar-refractivity contribution in [3.05, 3.63) is 53.4 Å². The molecule has 0 saturated carbocycles. The van der Waals surface area contributed by atoms with E-state index >= 15 is 0 Å². The minimum absolute atomic E-state index is 0.125. The SMILES string of the molecule is [B]c1cc(C#C)ccc1OCc1nc(F)ccc1F. The van der Waals surface area contributed by atoms with Crippen molar-refractivity contribution in [3.63, 3.8) is 0 Å². The molecule has 19 heavy (non-hydrogen) atoms. The van der Waals surface area contributed by atoms with Gasteiger partial charge in [-0.3, -0.25) is 0 Å². The van der Waals surface area contributed by atoms with E-state index in [4.69, 9.17) is 19.0 Å². The second-order valence-electron chi connectivity index (χ2n) is 3.75. The number of benzene rings is 1. The second kappa shape index (κ2) is 5.53. The molecule has 0 aliphatic heterocycles. The minimum atomic E-state index is -0.768. The molecule has 0 aliphatic rings. The van der Waals surface area contributed by atoms with Crippen LogP contribution in [0.1, 0.15) is 11.3 Å². The molecule has 2 rings (SSSR count). The fourth-order valence-corrected chi connectivity index (χ4v) is 1.47. The molecule has 2 nitrogen and oxygen atoms in total. The van der Waals surface area contributed by atoms with Crippen molar-refractivity contribution >= 4 is 13.3 Å². The van der Waals surface area contributed by atoms with Crippen molar-refractivity contribution < 1.29 is 13.5 Å². The summed E-state index contributed by atoms with van der Waals surface area (Å²) in [7, 11) is 5.72. The van der Waals surface area contributed by atoms with Gasteiger partial charge in [-0.15, -0.1) is 6.42 Å². The van der Waals surface area contributed by atoms with E-state index in [1.54, 1.807) is 18.2 Å². The Labute approximate surface area is 110 Å². The Hall–Kier alpha value is -2.35. The maximum atomic E-state index is 13.3. The van der Waals surface area contributed by atoms with E-state index in [1.165, 1.54) is 0 Å². The highest BCUT2D eigenvalue weighted by Crippen LogP contribution is 2.12. The summed E-state index contributed by atoms with van der Waals surface area (Å²) in [6.45, 7) is -0.219. The highest BCUT2D eigenvalue weighted by molar-refractivity contribution is 6.34. The normalized spacial score (nSPS) is 9.95. The van der Waals surface area contributed by atoms with Crippen LogP contribution in [0.3, 0.4) is 0 Å². The Bertz CT molecular complexity index is 652. The van der Waals surface area contributed by atoms with Gasteiger partial charge in [0.15, 0.2) is 0 Å². The maximum Gasteiger partial charge on any atom is 0.213 e. The highest BCUT2D eigenvalue weighted by atomic mass is 19.1. The van der Waals surface area contributed by atoms with Crippen LogP contribution in [-0.2, 0) is 6.61 Å². The lowest BCUT2D eigenvalue weighted by molar-refractivity contribution is 0.294. The Kier molecular flexibility index (Phi) is 3.81. The molecule has 0 saturated heterocycles. The average Bonchev–Trinajstić information content (AvgIpc) is 2.40. The maximum absolute atomic E-state index is 13.3. The van der Waals surface area contributed by atoms with Crippen LogP contribution >= 0.6 is 0 Å². The van der Waals surface area contributed by atoms with Gasteiger partial charge in [0, 0.05) is 5.56 Å². The van der Waals surface area contributed by atoms with Gasteiger partial charge in [0.1, 0.15) is 31.7 Å². The number of ether oxygens (including phenoxy) is 1. The lowest BCUT2D eigenvalue weighted by Crippen LogP contribution is -2.11. The zero-order valence-corrected chi connectivity index (χ0v) is 9.86. The van der Waals surface area contributed by atoms with E-state index < -0.39 is 11.8 Å². The largest absolute Gasteiger partial charge is 0.488 e. The summed E-state index contributed by atoms with van der Waals surface area (Å²) in [6.07, 6.45) is 5.22. The van der Waals surface area contributed by atoms with Crippen LogP contribution in [0, 0.1) is 24.1 Å². The molecular formula is C14H8BF2NO. The molecular weight excluding hydrogens is 247 g/mol. The quantitative estimate of drug-likeness (QED) is 0.473. The summed E-state index contributed by atoms with van der Waals surface area (Å²) in [6, 6.07) is 6.70. The number of rotatable bonds is 3. The monoisotopic (exact) mass is 255 g/mol. The Morgan fingerprint density at radius 1 is 1.26 bits per heavy atom. The molecule has 0 amide bonds. The highest BCUT2D eigenvalue weighted by Gasteiger charge is 2.07. The molecule has 0 aliphatic carbocycles. The summed E-state index contributed by atoms with van der Waals surface area (Å²) >= 11 is 0. The molecule has 0 unspecified atom stereocenters. The van der Waals surface area contributed by atoms with Crippen LogP contribution < -0.4 is 10.2 Å². The summed E-state index contributed by atoms with van der Waals surface area (Å²) in [5.41, 5.74) is 0.813. The first-order chi connectivity index (χ1) is 9.10. The van der Waals surface area contributed by atoms with E-state index in [2.05, 4.69) is 10.9 Å². The number of halogens is 2. The summed E-state index contributed by atoms with van der Waals surface area (Å²) in [5, 5.41) is 0. The number of aromatic nitrogens is 1. The first-order valence-corrected chi connectivity index (χ1v) is 5.40. The van der Waals surface area contributed by atoms with Crippen molar-refractivity contribution in [2.45, 2.75) is 6.61 Å². The van der Waals surface area contributed by atoms with Gasteiger partial charge in [-0.2, -0.15) is 4.39 Å². The second-order valence-corrected chi connectivity index (χ2v) is 3.75. The lowest BCUT2D eigenvalue weighted by Gasteiger charge is -2.10. The van der Waals surface area contributed by atoms with Crippen LogP contribution in [0.4, 0.5) is 8.78 Å². The van der Waals surface area contributed by atoms with E-state index in [0.717, 1.165) is 12.1 Å². The molecule has 1 aromatic heterocycles. The molecule has 0 fully saturated rings. The molecule has 0 atom stereocenters. The van der Waals surface area contributed by atoms with Gasteiger partial charge in [0.25, 0.3) is 0 Å². The predicted octanol–water partition coefficient (Wildman–Crippen LogP) is 1.71. The van der Waals surface area contributed by atoms with Gasteiger partial charge in [0.05, 0.1) is 0 Å². The topological polar surface area (TPSA) is 22.1 Å². The number of nitrogens with zero attached hydrogens (tertiary/aromatic N) is 1. The number of terminal acetylenes is 1. The van der Waals surface area contributed by atoms with Crippen LogP contribution in [0.5, 0.6) is 5.75 Å². The van der Waals surface area contributed by atoms with E-state index in [1.807, 2.05) is 0 Å². The fraction of sp³-hybridized carbons (Fsp3) is 0.0714. The number of hydrogen-bond acceptors (Lipinski definition) is 2. The van der Waals surface area contributed by atoms with Crippen LogP contribution in [0.15, 0.2) is 30.3 Å². The molecule has 2 aromatic rings. The van der Waals surface area contributed by atoms with E-state index in [-0.39, 0.29) is 12.3 Å². The van der Waals surface area contributed by atoms with Crippen LogP contribution in [0.25, 0.3) is 0 Å². The predicted molar refractivity (Wildman–Crippen MR) is 68.3 cm³/mol. The third-order valence-electron chi connectivity index (χ3n) is 2.43. The molecule has 0 N–H and O–H groups in total. The molecule has 0 bridgehead atoms. The van der Waals surface area contributed by atoms with E-state index in [9.17, 15) is 8.78 Å². The molecule has 1 heterocycles. The first kappa shape index (κ1) is 13.1. The third kappa shape index (κ3) is 3.11. The van der Waals surface area contributed by atoms with Crippen LogP contribution in [0.2, 0.25) is 0 Å². The molecule has 5 heteroatoms. The zero-order valence-electron chi connectivity index (χ0n) is 9.86. The lowest BCUT2D eigenvalue weighted by atomic mass is 9.93. The van der Waals surface area contributed by atoms with Gasteiger partial charge in [-0.05, 0) is 30.3 Å². The molecule has 2 radical (unpaired) electrons. The Balaban J connectivity index is 2.15. The zero-order chi connectivity index (χ0) is 13.8. The van der Waals surface area contributed by atoms with Gasteiger partial charge in [0.2, 0.25) is 5.95 Å². The summed E-state index contributed by atoms with van der Waals surface area (Å²) in [4.78, 5) is 3.41. The first-order valence-electron chi connectivity index (χ1n) is 5.40. The van der Waals surface area contributed by atoms with Crippen molar-refractivity contribution in [3.8, 4) is 18.1 Å². The standard InChI is InChI=1S/C14H8BF2NO/c1-2-9-3-5-13(10(15)7-9)19-8-12-11(16)4-6-14(17)18-12/h1,3-7H,8H2.